The van der Waals surface area contributed by atoms with Gasteiger partial charge in [0.25, 0.3) is 0 Å². The summed E-state index contributed by atoms with van der Waals surface area (Å²) in [5, 5.41) is 18.2. The highest BCUT2D eigenvalue weighted by atomic mass is 14.3. The van der Waals surface area contributed by atoms with E-state index in [4.69, 9.17) is 16.9 Å². The minimum Gasteiger partial charge on any atom is -0.192 e. The minimum absolute atomic E-state index is 0.141. The highest BCUT2D eigenvalue weighted by Crippen LogP contribution is 2.23. The molecule has 0 heterocycles. The van der Waals surface area contributed by atoms with Crippen LogP contribution in [-0.2, 0) is 0 Å². The lowest BCUT2D eigenvalue weighted by molar-refractivity contribution is 1.33. The van der Waals surface area contributed by atoms with Crippen molar-refractivity contribution in [3.8, 4) is 24.5 Å². The molecule has 0 bridgehead atoms. The second-order valence-corrected chi connectivity index (χ2v) is 4.60. The van der Waals surface area contributed by atoms with Crippen molar-refractivity contribution < 1.29 is 0 Å². The lowest BCUT2D eigenvalue weighted by atomic mass is 9.96. The van der Waals surface area contributed by atoms with Crippen LogP contribution in [0, 0.1) is 41.9 Å². The van der Waals surface area contributed by atoms with Gasteiger partial charge in [0.05, 0.1) is 0 Å². The molecule has 0 radical (unpaired) electrons. The van der Waals surface area contributed by atoms with Gasteiger partial charge in [-0.05, 0) is 43.1 Å². The number of rotatable bonds is 4. The van der Waals surface area contributed by atoms with E-state index in [9.17, 15) is 0 Å². The van der Waals surface area contributed by atoms with E-state index in [1.807, 2.05) is 62.4 Å². The lowest BCUT2D eigenvalue weighted by Crippen LogP contribution is -1.89. The SMILES string of the molecule is C#C/C=C(C)\C=C/CC(=C(C#N)C#N)c1ccc(C)cc1. The highest BCUT2D eigenvalue weighted by molar-refractivity contribution is 5.76. The molecule has 1 aromatic carbocycles. The summed E-state index contributed by atoms with van der Waals surface area (Å²) in [6.07, 6.45) is 11.2. The summed E-state index contributed by atoms with van der Waals surface area (Å²) in [5.41, 5.74) is 3.85. The Morgan fingerprint density at radius 2 is 1.81 bits per heavy atom. The van der Waals surface area contributed by atoms with Gasteiger partial charge in [0.2, 0.25) is 0 Å². The zero-order valence-electron chi connectivity index (χ0n) is 12.2. The molecule has 0 saturated carbocycles. The normalized spacial score (nSPS) is 10.5. The molecule has 0 N–H and O–H groups in total. The van der Waals surface area contributed by atoms with E-state index in [-0.39, 0.29) is 5.57 Å². The topological polar surface area (TPSA) is 47.6 Å². The van der Waals surface area contributed by atoms with Gasteiger partial charge < -0.3 is 0 Å². The van der Waals surface area contributed by atoms with Crippen LogP contribution in [0.3, 0.4) is 0 Å². The Morgan fingerprint density at radius 3 is 2.33 bits per heavy atom. The number of aryl methyl sites for hydroxylation is 1. The Labute approximate surface area is 126 Å². The zero-order valence-corrected chi connectivity index (χ0v) is 12.2. The number of nitrogens with zero attached hydrogens (tertiary/aromatic N) is 2. The van der Waals surface area contributed by atoms with E-state index in [1.165, 1.54) is 0 Å². The molecule has 0 aliphatic heterocycles. The molecule has 0 atom stereocenters. The Balaban J connectivity index is 3.14. The standard InChI is InChI=1S/C19H16N2/c1-4-6-15(2)7-5-8-19(18(13-20)14-21)17-11-9-16(3)10-12-17/h1,5-7,9-12H,8H2,2-3H3/b7-5-,15-6-. The van der Waals surface area contributed by atoms with E-state index < -0.39 is 0 Å². The van der Waals surface area contributed by atoms with Crippen LogP contribution in [0.1, 0.15) is 24.5 Å². The van der Waals surface area contributed by atoms with E-state index in [2.05, 4.69) is 5.92 Å². The fraction of sp³-hybridized carbons (Fsp3) is 0.158. The van der Waals surface area contributed by atoms with Crippen LogP contribution in [0.15, 0.2) is 53.6 Å². The third-order valence-electron chi connectivity index (χ3n) is 2.94. The van der Waals surface area contributed by atoms with Crippen molar-refractivity contribution >= 4 is 5.57 Å². The predicted molar refractivity (Wildman–Crippen MR) is 85.7 cm³/mol. The third-order valence-corrected chi connectivity index (χ3v) is 2.94. The molecule has 21 heavy (non-hydrogen) atoms. The van der Waals surface area contributed by atoms with Crippen molar-refractivity contribution in [1.29, 1.82) is 10.5 Å². The van der Waals surface area contributed by atoms with Gasteiger partial charge in [0, 0.05) is 0 Å². The zero-order chi connectivity index (χ0) is 15.7. The number of allylic oxidation sites excluding steroid dienone is 6. The van der Waals surface area contributed by atoms with Gasteiger partial charge in [-0.3, -0.25) is 0 Å². The van der Waals surface area contributed by atoms with Gasteiger partial charge >= 0.3 is 0 Å². The molecular formula is C19H16N2. The van der Waals surface area contributed by atoms with Gasteiger partial charge in [0.1, 0.15) is 17.7 Å². The molecule has 1 aromatic rings. The molecule has 2 nitrogen and oxygen atoms in total. The summed E-state index contributed by atoms with van der Waals surface area (Å²) in [4.78, 5) is 0. The molecule has 2 heteroatoms. The van der Waals surface area contributed by atoms with Crippen molar-refractivity contribution in [2.75, 3.05) is 0 Å². The van der Waals surface area contributed by atoms with E-state index in [1.54, 1.807) is 6.08 Å². The lowest BCUT2D eigenvalue weighted by Gasteiger charge is -2.06. The third kappa shape index (κ3) is 4.87. The molecule has 0 spiro atoms. The maximum Gasteiger partial charge on any atom is 0.133 e. The summed E-state index contributed by atoms with van der Waals surface area (Å²) >= 11 is 0. The van der Waals surface area contributed by atoms with Gasteiger partial charge in [-0.25, -0.2) is 0 Å². The van der Waals surface area contributed by atoms with E-state index >= 15 is 0 Å². The number of benzene rings is 1. The Morgan fingerprint density at radius 1 is 1.19 bits per heavy atom. The van der Waals surface area contributed by atoms with E-state index in [0.717, 1.165) is 22.3 Å². The number of hydrogen-bond donors (Lipinski definition) is 0. The van der Waals surface area contributed by atoms with Crippen LogP contribution in [-0.4, -0.2) is 0 Å². The molecule has 0 amide bonds. The van der Waals surface area contributed by atoms with Crippen LogP contribution in [0.5, 0.6) is 0 Å². The van der Waals surface area contributed by atoms with Crippen LogP contribution in [0.2, 0.25) is 0 Å². The van der Waals surface area contributed by atoms with Crippen LogP contribution in [0.25, 0.3) is 5.57 Å². The fourth-order valence-corrected chi connectivity index (χ4v) is 1.82. The molecule has 0 aromatic heterocycles. The molecule has 0 saturated heterocycles. The maximum atomic E-state index is 9.11. The van der Waals surface area contributed by atoms with Gasteiger partial charge in [-0.15, -0.1) is 6.42 Å². The summed E-state index contributed by atoms with van der Waals surface area (Å²) < 4.78 is 0. The van der Waals surface area contributed by atoms with E-state index in [0.29, 0.717) is 6.42 Å². The summed E-state index contributed by atoms with van der Waals surface area (Å²) in [7, 11) is 0. The first-order valence-corrected chi connectivity index (χ1v) is 6.52. The molecule has 0 unspecified atom stereocenters. The van der Waals surface area contributed by atoms with Crippen LogP contribution < -0.4 is 0 Å². The van der Waals surface area contributed by atoms with Crippen molar-refractivity contribution in [3.05, 3.63) is 64.8 Å². The van der Waals surface area contributed by atoms with Gasteiger partial charge in [-0.1, -0.05) is 47.9 Å². The number of nitriles is 2. The largest absolute Gasteiger partial charge is 0.192 e. The minimum atomic E-state index is 0.141. The quantitative estimate of drug-likeness (QED) is 0.465. The molecule has 0 fully saturated rings. The Kier molecular flexibility index (Phi) is 6.27. The average molecular weight is 272 g/mol. The van der Waals surface area contributed by atoms with Crippen molar-refractivity contribution in [2.45, 2.75) is 20.3 Å². The Hall–Kier alpha value is -3.02. The average Bonchev–Trinajstić information content (AvgIpc) is 2.48. The summed E-state index contributed by atoms with van der Waals surface area (Å²) in [5.74, 6) is 2.46. The monoisotopic (exact) mass is 272 g/mol. The smallest absolute Gasteiger partial charge is 0.133 e. The van der Waals surface area contributed by atoms with Crippen LogP contribution >= 0.6 is 0 Å². The predicted octanol–water partition coefficient (Wildman–Crippen LogP) is 4.32. The summed E-state index contributed by atoms with van der Waals surface area (Å²) in [6, 6.07) is 11.7. The van der Waals surface area contributed by atoms with Crippen molar-refractivity contribution in [1.82, 2.24) is 0 Å². The maximum absolute atomic E-state index is 9.11. The molecule has 0 aliphatic carbocycles. The Bertz CT molecular complexity index is 693. The number of hydrogen-bond acceptors (Lipinski definition) is 2. The molecule has 0 aliphatic rings. The van der Waals surface area contributed by atoms with Crippen LogP contribution in [0.4, 0.5) is 0 Å². The second-order valence-electron chi connectivity index (χ2n) is 4.60. The molecular weight excluding hydrogens is 256 g/mol. The summed E-state index contributed by atoms with van der Waals surface area (Å²) in [6.45, 7) is 3.90. The molecule has 1 rings (SSSR count). The highest BCUT2D eigenvalue weighted by Gasteiger charge is 2.07. The van der Waals surface area contributed by atoms with Gasteiger partial charge in [0.15, 0.2) is 0 Å². The fourth-order valence-electron chi connectivity index (χ4n) is 1.82. The van der Waals surface area contributed by atoms with Crippen molar-refractivity contribution in [3.63, 3.8) is 0 Å². The first kappa shape index (κ1) is 16.0. The second kappa shape index (κ2) is 8.21. The number of terminal acetylenes is 1. The molecule has 102 valence electrons. The first-order valence-electron chi connectivity index (χ1n) is 6.52. The van der Waals surface area contributed by atoms with Crippen molar-refractivity contribution in [2.24, 2.45) is 0 Å². The first-order chi connectivity index (χ1) is 10.1. The van der Waals surface area contributed by atoms with Gasteiger partial charge in [-0.2, -0.15) is 10.5 Å².